The van der Waals surface area contributed by atoms with Crippen LogP contribution in [-0.2, 0) is 16.1 Å². The van der Waals surface area contributed by atoms with E-state index in [1.807, 2.05) is 48.0 Å². The minimum Gasteiger partial charge on any atom is -0.341 e. The number of hydrogen-bond donors (Lipinski definition) is 0. The number of amides is 2. The third-order valence-electron chi connectivity index (χ3n) is 7.64. The van der Waals surface area contributed by atoms with Crippen LogP contribution in [0.2, 0.25) is 0 Å². The van der Waals surface area contributed by atoms with E-state index in [0.29, 0.717) is 19.0 Å². The van der Waals surface area contributed by atoms with Gasteiger partial charge in [-0.15, -0.1) is 0 Å². The molecular formula is C28H34N4O2. The van der Waals surface area contributed by atoms with Gasteiger partial charge in [-0.05, 0) is 56.0 Å². The first-order valence-electron chi connectivity index (χ1n) is 12.5. The number of likely N-dealkylation sites (N-methyl/N-ethyl adjacent to an activating group) is 1. The third kappa shape index (κ3) is 4.22. The number of benzene rings is 2. The van der Waals surface area contributed by atoms with Gasteiger partial charge >= 0.3 is 0 Å². The number of carbonyl (C=O) groups is 2. The monoisotopic (exact) mass is 458 g/mol. The Morgan fingerprint density at radius 3 is 2.65 bits per heavy atom. The first kappa shape index (κ1) is 22.6. The van der Waals surface area contributed by atoms with E-state index >= 15 is 0 Å². The fraction of sp³-hybridized carbons (Fsp3) is 0.464. The fourth-order valence-corrected chi connectivity index (χ4v) is 5.61. The van der Waals surface area contributed by atoms with Gasteiger partial charge in [-0.25, -0.2) is 4.98 Å². The summed E-state index contributed by atoms with van der Waals surface area (Å²) in [5, 5.41) is 0. The van der Waals surface area contributed by atoms with E-state index in [9.17, 15) is 9.59 Å². The second-order valence-corrected chi connectivity index (χ2v) is 10.0. The second kappa shape index (κ2) is 9.24. The zero-order valence-electron chi connectivity index (χ0n) is 20.5. The topological polar surface area (TPSA) is 58.4 Å². The van der Waals surface area contributed by atoms with Crippen molar-refractivity contribution in [3.63, 3.8) is 0 Å². The van der Waals surface area contributed by atoms with Crippen molar-refractivity contribution in [2.24, 2.45) is 0 Å². The first-order chi connectivity index (χ1) is 16.4. The van der Waals surface area contributed by atoms with Gasteiger partial charge in [0.05, 0.1) is 11.0 Å². The van der Waals surface area contributed by atoms with E-state index in [1.54, 1.807) is 0 Å². The van der Waals surface area contributed by atoms with Crippen molar-refractivity contribution in [2.75, 3.05) is 18.5 Å². The molecule has 6 nitrogen and oxygen atoms in total. The number of para-hydroxylation sites is 2. The van der Waals surface area contributed by atoms with E-state index in [4.69, 9.17) is 4.98 Å². The van der Waals surface area contributed by atoms with E-state index in [-0.39, 0.29) is 24.3 Å². The number of rotatable bonds is 5. The predicted octanol–water partition coefficient (Wildman–Crippen LogP) is 4.96. The van der Waals surface area contributed by atoms with Gasteiger partial charge in [0.25, 0.3) is 0 Å². The van der Waals surface area contributed by atoms with Crippen molar-refractivity contribution in [2.45, 2.75) is 70.9 Å². The molecule has 1 saturated heterocycles. The average Bonchev–Trinajstić information content (AvgIpc) is 3.41. The maximum Gasteiger partial charge on any atom is 0.242 e. The molecule has 2 amide bonds. The van der Waals surface area contributed by atoms with Crippen molar-refractivity contribution in [3.8, 4) is 0 Å². The van der Waals surface area contributed by atoms with Crippen LogP contribution >= 0.6 is 0 Å². The van der Waals surface area contributed by atoms with Crippen molar-refractivity contribution in [1.82, 2.24) is 14.5 Å². The summed E-state index contributed by atoms with van der Waals surface area (Å²) in [5.41, 5.74) is 5.05. The van der Waals surface area contributed by atoms with E-state index < -0.39 is 0 Å². The van der Waals surface area contributed by atoms with E-state index in [0.717, 1.165) is 46.5 Å². The Morgan fingerprint density at radius 2 is 1.85 bits per heavy atom. The summed E-state index contributed by atoms with van der Waals surface area (Å²) in [6.45, 7) is 4.94. The Hall–Kier alpha value is -3.15. The van der Waals surface area contributed by atoms with Crippen LogP contribution in [0.4, 0.5) is 5.69 Å². The molecule has 6 heteroatoms. The van der Waals surface area contributed by atoms with Gasteiger partial charge in [-0.2, -0.15) is 0 Å². The maximum absolute atomic E-state index is 13.4. The Labute approximate surface area is 201 Å². The lowest BCUT2D eigenvalue weighted by Gasteiger charge is -2.31. The SMILES string of the molecule is Cc1ccc(C)c(N2CC(c3nc4ccccc4n3CC(=O)N(C)C3CCCCC3)CC2=O)c1. The number of aryl methyl sites for hydroxylation is 2. The van der Waals surface area contributed by atoms with Crippen molar-refractivity contribution < 1.29 is 9.59 Å². The van der Waals surface area contributed by atoms with Crippen LogP contribution in [0, 0.1) is 13.8 Å². The molecule has 5 rings (SSSR count). The molecule has 1 aliphatic carbocycles. The lowest BCUT2D eigenvalue weighted by Crippen LogP contribution is -2.40. The highest BCUT2D eigenvalue weighted by Crippen LogP contribution is 2.35. The molecule has 3 aromatic rings. The summed E-state index contributed by atoms with van der Waals surface area (Å²) in [6, 6.07) is 14.5. The summed E-state index contributed by atoms with van der Waals surface area (Å²) in [4.78, 5) is 35.2. The van der Waals surface area contributed by atoms with Gasteiger partial charge in [0.15, 0.2) is 0 Å². The zero-order valence-corrected chi connectivity index (χ0v) is 20.5. The number of anilines is 1. The van der Waals surface area contributed by atoms with Gasteiger partial charge in [0.2, 0.25) is 11.8 Å². The lowest BCUT2D eigenvalue weighted by atomic mass is 9.94. The summed E-state index contributed by atoms with van der Waals surface area (Å²) in [6.07, 6.45) is 6.23. The number of aromatic nitrogens is 2. The number of hydrogen-bond acceptors (Lipinski definition) is 3. The molecule has 1 aliphatic heterocycles. The second-order valence-electron chi connectivity index (χ2n) is 10.0. The number of nitrogens with zero attached hydrogens (tertiary/aromatic N) is 4. The fourth-order valence-electron chi connectivity index (χ4n) is 5.61. The lowest BCUT2D eigenvalue weighted by molar-refractivity contribution is -0.133. The Bertz CT molecular complexity index is 1220. The molecule has 1 atom stereocenters. The Balaban J connectivity index is 1.45. The maximum atomic E-state index is 13.4. The zero-order chi connectivity index (χ0) is 23.8. The van der Waals surface area contributed by atoms with E-state index in [2.05, 4.69) is 29.7 Å². The molecule has 2 heterocycles. The molecule has 1 aromatic heterocycles. The molecule has 2 aliphatic rings. The molecule has 1 unspecified atom stereocenters. The normalized spacial score (nSPS) is 19.2. The van der Waals surface area contributed by atoms with Gasteiger partial charge in [-0.3, -0.25) is 9.59 Å². The molecule has 0 spiro atoms. The first-order valence-corrected chi connectivity index (χ1v) is 12.5. The van der Waals surface area contributed by atoms with Crippen molar-refractivity contribution in [1.29, 1.82) is 0 Å². The molecular weight excluding hydrogens is 424 g/mol. The van der Waals surface area contributed by atoms with Crippen LogP contribution in [0.25, 0.3) is 11.0 Å². The quantitative estimate of drug-likeness (QED) is 0.543. The Kier molecular flexibility index (Phi) is 6.15. The predicted molar refractivity (Wildman–Crippen MR) is 135 cm³/mol. The van der Waals surface area contributed by atoms with Crippen LogP contribution < -0.4 is 4.90 Å². The van der Waals surface area contributed by atoms with Crippen LogP contribution in [0.15, 0.2) is 42.5 Å². The van der Waals surface area contributed by atoms with Gasteiger partial charge < -0.3 is 14.4 Å². The summed E-state index contributed by atoms with van der Waals surface area (Å²) < 4.78 is 2.06. The van der Waals surface area contributed by atoms with Gasteiger partial charge in [0, 0.05) is 37.7 Å². The van der Waals surface area contributed by atoms with Crippen LogP contribution in [-0.4, -0.2) is 45.9 Å². The van der Waals surface area contributed by atoms with Gasteiger partial charge in [-0.1, -0.05) is 43.5 Å². The minimum atomic E-state index is -0.0485. The van der Waals surface area contributed by atoms with Crippen molar-refractivity contribution in [3.05, 3.63) is 59.4 Å². The van der Waals surface area contributed by atoms with Crippen LogP contribution in [0.5, 0.6) is 0 Å². The Morgan fingerprint density at radius 1 is 1.09 bits per heavy atom. The summed E-state index contributed by atoms with van der Waals surface area (Å²) >= 11 is 0. The third-order valence-corrected chi connectivity index (χ3v) is 7.64. The highest BCUT2D eigenvalue weighted by Gasteiger charge is 2.36. The van der Waals surface area contributed by atoms with Gasteiger partial charge in [0.1, 0.15) is 12.4 Å². The average molecular weight is 459 g/mol. The molecule has 2 aromatic carbocycles. The molecule has 2 fully saturated rings. The standard InChI is InChI=1S/C28H34N4O2/c1-19-13-14-20(2)25(15-19)31-17-21(16-26(31)33)28-29-23-11-7-8-12-24(23)32(28)18-27(34)30(3)22-9-5-4-6-10-22/h7-8,11-15,21-22H,4-6,9-10,16-18H2,1-3H3. The molecule has 1 saturated carbocycles. The van der Waals surface area contributed by atoms with Crippen LogP contribution in [0.3, 0.4) is 0 Å². The highest BCUT2D eigenvalue weighted by atomic mass is 16.2. The summed E-state index contributed by atoms with van der Waals surface area (Å²) in [5.74, 6) is 1.02. The van der Waals surface area contributed by atoms with E-state index in [1.165, 1.54) is 19.3 Å². The molecule has 0 radical (unpaired) electrons. The van der Waals surface area contributed by atoms with Crippen molar-refractivity contribution >= 4 is 28.5 Å². The summed E-state index contributed by atoms with van der Waals surface area (Å²) in [7, 11) is 1.94. The number of fused-ring (bicyclic) bond motifs is 1. The molecule has 0 N–H and O–H groups in total. The number of carbonyl (C=O) groups excluding carboxylic acids is 2. The van der Waals surface area contributed by atoms with Crippen LogP contribution in [0.1, 0.15) is 61.4 Å². The number of imidazole rings is 1. The minimum absolute atomic E-state index is 0.0485. The highest BCUT2D eigenvalue weighted by molar-refractivity contribution is 5.97. The molecule has 0 bridgehead atoms. The smallest absolute Gasteiger partial charge is 0.242 e. The molecule has 178 valence electrons. The largest absolute Gasteiger partial charge is 0.341 e. The molecule has 34 heavy (non-hydrogen) atoms.